The number of ether oxygens (including phenoxy) is 1. The third-order valence-electron chi connectivity index (χ3n) is 2.85. The summed E-state index contributed by atoms with van der Waals surface area (Å²) in [7, 11) is 1.73. The summed E-state index contributed by atoms with van der Waals surface area (Å²) in [4.78, 5) is 0. The quantitative estimate of drug-likeness (QED) is 0.635. The van der Waals surface area contributed by atoms with Gasteiger partial charge >= 0.3 is 0 Å². The van der Waals surface area contributed by atoms with Gasteiger partial charge in [0.15, 0.2) is 0 Å². The van der Waals surface area contributed by atoms with Crippen LogP contribution < -0.4 is 10.6 Å². The van der Waals surface area contributed by atoms with E-state index in [2.05, 4.69) is 24.5 Å². The largest absolute Gasteiger partial charge is 0.391 e. The highest BCUT2D eigenvalue weighted by molar-refractivity contribution is 5.85. The molecule has 16 heavy (non-hydrogen) atoms. The Balaban J connectivity index is 0.00000225. The number of hydrogen-bond acceptors (Lipinski definition) is 4. The van der Waals surface area contributed by atoms with Gasteiger partial charge < -0.3 is 20.5 Å². The average molecular weight is 253 g/mol. The minimum Gasteiger partial charge on any atom is -0.391 e. The van der Waals surface area contributed by atoms with Gasteiger partial charge in [-0.2, -0.15) is 0 Å². The SMILES string of the molecule is COCC(C)(C)CNCC1CNCC1O.Cl. The van der Waals surface area contributed by atoms with Crippen LogP contribution in [0.4, 0.5) is 0 Å². The van der Waals surface area contributed by atoms with E-state index in [1.807, 2.05) is 0 Å². The van der Waals surface area contributed by atoms with Gasteiger partial charge in [-0.3, -0.25) is 0 Å². The van der Waals surface area contributed by atoms with Gasteiger partial charge in [0.25, 0.3) is 0 Å². The number of nitrogens with one attached hydrogen (secondary N) is 2. The molecule has 0 aromatic rings. The lowest BCUT2D eigenvalue weighted by Gasteiger charge is -2.25. The Morgan fingerprint density at radius 1 is 1.44 bits per heavy atom. The lowest BCUT2D eigenvalue weighted by atomic mass is 9.94. The molecule has 0 aliphatic carbocycles. The molecule has 0 radical (unpaired) electrons. The fourth-order valence-corrected chi connectivity index (χ4v) is 1.97. The zero-order valence-electron chi connectivity index (χ0n) is 10.5. The average Bonchev–Trinajstić information content (AvgIpc) is 2.51. The second kappa shape index (κ2) is 7.45. The number of rotatable bonds is 6. The molecule has 1 saturated heterocycles. The summed E-state index contributed by atoms with van der Waals surface area (Å²) in [5, 5.41) is 16.2. The van der Waals surface area contributed by atoms with Crippen LogP contribution in [-0.4, -0.2) is 51.1 Å². The van der Waals surface area contributed by atoms with Gasteiger partial charge in [0, 0.05) is 44.6 Å². The van der Waals surface area contributed by atoms with E-state index in [0.717, 1.165) is 32.8 Å². The van der Waals surface area contributed by atoms with Crippen molar-refractivity contribution in [2.75, 3.05) is 39.9 Å². The summed E-state index contributed by atoms with van der Waals surface area (Å²) < 4.78 is 5.15. The maximum atomic E-state index is 9.59. The van der Waals surface area contributed by atoms with E-state index in [0.29, 0.717) is 5.92 Å². The van der Waals surface area contributed by atoms with Crippen molar-refractivity contribution in [2.24, 2.45) is 11.3 Å². The van der Waals surface area contributed by atoms with E-state index >= 15 is 0 Å². The van der Waals surface area contributed by atoms with Crippen molar-refractivity contribution in [3.63, 3.8) is 0 Å². The van der Waals surface area contributed by atoms with Crippen molar-refractivity contribution in [3.05, 3.63) is 0 Å². The van der Waals surface area contributed by atoms with E-state index < -0.39 is 0 Å². The van der Waals surface area contributed by atoms with Gasteiger partial charge in [0.05, 0.1) is 12.7 Å². The number of aliphatic hydroxyl groups excluding tert-OH is 1. The molecule has 4 nitrogen and oxygen atoms in total. The van der Waals surface area contributed by atoms with Gasteiger partial charge in [-0.05, 0) is 0 Å². The molecule has 0 amide bonds. The number of halogens is 1. The first-order chi connectivity index (χ1) is 7.05. The van der Waals surface area contributed by atoms with Crippen molar-refractivity contribution < 1.29 is 9.84 Å². The fourth-order valence-electron chi connectivity index (χ4n) is 1.97. The Hall–Kier alpha value is 0.130. The number of aliphatic hydroxyl groups is 1. The lowest BCUT2D eigenvalue weighted by molar-refractivity contribution is 0.0990. The van der Waals surface area contributed by atoms with Crippen LogP contribution in [0.2, 0.25) is 0 Å². The van der Waals surface area contributed by atoms with Crippen LogP contribution in [-0.2, 0) is 4.74 Å². The summed E-state index contributed by atoms with van der Waals surface area (Å²) in [6.07, 6.45) is -0.192. The number of β-amino-alcohol motifs (C(OH)–C–C–N with tert-alkyl or cyclic N) is 1. The van der Waals surface area contributed by atoms with E-state index in [1.54, 1.807) is 7.11 Å². The summed E-state index contributed by atoms with van der Waals surface area (Å²) in [6.45, 7) is 8.54. The molecule has 1 aliphatic heterocycles. The van der Waals surface area contributed by atoms with E-state index in [4.69, 9.17) is 4.74 Å². The monoisotopic (exact) mass is 252 g/mol. The normalized spacial score (nSPS) is 25.5. The Bertz CT molecular complexity index is 191. The second-order valence-corrected chi connectivity index (χ2v) is 5.21. The summed E-state index contributed by atoms with van der Waals surface area (Å²) in [6, 6.07) is 0. The Morgan fingerprint density at radius 2 is 2.12 bits per heavy atom. The molecule has 3 N–H and O–H groups in total. The fraction of sp³-hybridized carbons (Fsp3) is 1.00. The molecule has 0 saturated carbocycles. The first kappa shape index (κ1) is 16.1. The molecular formula is C11H25ClN2O2. The highest BCUT2D eigenvalue weighted by Crippen LogP contribution is 2.14. The third kappa shape index (κ3) is 5.46. The second-order valence-electron chi connectivity index (χ2n) is 5.21. The van der Waals surface area contributed by atoms with Crippen LogP contribution in [0.3, 0.4) is 0 Å². The molecule has 0 bridgehead atoms. The maximum Gasteiger partial charge on any atom is 0.0716 e. The summed E-state index contributed by atoms with van der Waals surface area (Å²) >= 11 is 0. The molecule has 1 aliphatic rings. The van der Waals surface area contributed by atoms with Crippen molar-refractivity contribution >= 4 is 12.4 Å². The molecule has 1 heterocycles. The zero-order valence-corrected chi connectivity index (χ0v) is 11.3. The van der Waals surface area contributed by atoms with Crippen molar-refractivity contribution in [2.45, 2.75) is 20.0 Å². The molecule has 1 fully saturated rings. The van der Waals surface area contributed by atoms with Crippen molar-refractivity contribution in [3.8, 4) is 0 Å². The molecule has 0 spiro atoms. The maximum absolute atomic E-state index is 9.59. The van der Waals surface area contributed by atoms with Crippen LogP contribution in [0.15, 0.2) is 0 Å². The van der Waals surface area contributed by atoms with Gasteiger partial charge in [-0.15, -0.1) is 12.4 Å². The van der Waals surface area contributed by atoms with E-state index in [9.17, 15) is 5.11 Å². The van der Waals surface area contributed by atoms with Gasteiger partial charge in [-0.1, -0.05) is 13.8 Å². The number of hydrogen-bond donors (Lipinski definition) is 3. The smallest absolute Gasteiger partial charge is 0.0716 e. The first-order valence-corrected chi connectivity index (χ1v) is 5.63. The minimum atomic E-state index is -0.192. The molecule has 5 heteroatoms. The highest BCUT2D eigenvalue weighted by Gasteiger charge is 2.25. The Labute approximate surface area is 105 Å². The highest BCUT2D eigenvalue weighted by atomic mass is 35.5. The molecular weight excluding hydrogens is 228 g/mol. The third-order valence-corrected chi connectivity index (χ3v) is 2.85. The van der Waals surface area contributed by atoms with Crippen molar-refractivity contribution in [1.82, 2.24) is 10.6 Å². The molecule has 2 unspecified atom stereocenters. The predicted octanol–water partition coefficient (Wildman–Crippen LogP) is 0.251. The van der Waals surface area contributed by atoms with Crippen LogP contribution in [0.25, 0.3) is 0 Å². The van der Waals surface area contributed by atoms with Gasteiger partial charge in [0.1, 0.15) is 0 Å². The van der Waals surface area contributed by atoms with Gasteiger partial charge in [0.2, 0.25) is 0 Å². The summed E-state index contributed by atoms with van der Waals surface area (Å²) in [5.74, 6) is 0.350. The Kier molecular flexibility index (Phi) is 7.52. The topological polar surface area (TPSA) is 53.5 Å². The van der Waals surface area contributed by atoms with Crippen LogP contribution >= 0.6 is 12.4 Å². The van der Waals surface area contributed by atoms with E-state index in [-0.39, 0.29) is 23.9 Å². The van der Waals surface area contributed by atoms with Crippen LogP contribution in [0.1, 0.15) is 13.8 Å². The molecule has 98 valence electrons. The van der Waals surface area contributed by atoms with Crippen LogP contribution in [0, 0.1) is 11.3 Å². The minimum absolute atomic E-state index is 0. The standard InChI is InChI=1S/C11H24N2O2.ClH/c1-11(2,8-15-3)7-13-5-9-4-12-6-10(9)14;/h9-10,12-14H,4-8H2,1-3H3;1H. The number of methoxy groups -OCH3 is 1. The molecule has 0 aromatic carbocycles. The van der Waals surface area contributed by atoms with Gasteiger partial charge in [-0.25, -0.2) is 0 Å². The van der Waals surface area contributed by atoms with E-state index in [1.165, 1.54) is 0 Å². The summed E-state index contributed by atoms with van der Waals surface area (Å²) in [5.41, 5.74) is 0.158. The molecule has 1 rings (SSSR count). The van der Waals surface area contributed by atoms with Crippen molar-refractivity contribution in [1.29, 1.82) is 0 Å². The van der Waals surface area contributed by atoms with Crippen LogP contribution in [0.5, 0.6) is 0 Å². The zero-order chi connectivity index (χ0) is 11.3. The molecule has 0 aromatic heterocycles. The lowest BCUT2D eigenvalue weighted by Crippen LogP contribution is -2.38. The predicted molar refractivity (Wildman–Crippen MR) is 68.1 cm³/mol. The first-order valence-electron chi connectivity index (χ1n) is 5.63. The molecule has 2 atom stereocenters. The Morgan fingerprint density at radius 3 is 2.62 bits per heavy atom.